The first kappa shape index (κ1) is 9.90. The van der Waals surface area contributed by atoms with E-state index in [-0.39, 0.29) is 5.69 Å². The Morgan fingerprint density at radius 1 is 1.21 bits per heavy atom. The van der Waals surface area contributed by atoms with Gasteiger partial charge in [0.2, 0.25) is 0 Å². The summed E-state index contributed by atoms with van der Waals surface area (Å²) in [6, 6.07) is 3.89. The lowest BCUT2D eigenvalue weighted by atomic mass is 10.2. The molecule has 1 rings (SSSR count). The van der Waals surface area contributed by atoms with E-state index in [2.05, 4.69) is 5.32 Å². The smallest absolute Gasteiger partial charge is 0.368 e. The van der Waals surface area contributed by atoms with Gasteiger partial charge in [0, 0.05) is 13.1 Å². The van der Waals surface area contributed by atoms with Gasteiger partial charge in [0.05, 0.1) is 9.85 Å². The SMILES string of the molecule is CNc1cccc([N+](=O)[O-])c1[N+](=O)[O-]. The van der Waals surface area contributed by atoms with Crippen LogP contribution in [0.1, 0.15) is 0 Å². The van der Waals surface area contributed by atoms with E-state index in [0.29, 0.717) is 0 Å². The van der Waals surface area contributed by atoms with Gasteiger partial charge < -0.3 is 5.32 Å². The topological polar surface area (TPSA) is 98.3 Å². The van der Waals surface area contributed by atoms with Crippen molar-refractivity contribution in [2.75, 3.05) is 12.4 Å². The molecular formula is C7H7N3O4. The summed E-state index contributed by atoms with van der Waals surface area (Å²) in [5.41, 5.74) is -0.897. The van der Waals surface area contributed by atoms with Crippen LogP contribution in [0.5, 0.6) is 0 Å². The Kier molecular flexibility index (Phi) is 2.61. The number of rotatable bonds is 3. The van der Waals surface area contributed by atoms with Crippen LogP contribution in [0.25, 0.3) is 0 Å². The molecule has 0 amide bonds. The van der Waals surface area contributed by atoms with Crippen LogP contribution in [0.4, 0.5) is 17.1 Å². The summed E-state index contributed by atoms with van der Waals surface area (Å²) >= 11 is 0. The molecule has 0 radical (unpaired) electrons. The fourth-order valence-electron chi connectivity index (χ4n) is 1.07. The number of anilines is 1. The number of nitrogens with one attached hydrogen (secondary N) is 1. The summed E-state index contributed by atoms with van der Waals surface area (Å²) in [7, 11) is 1.46. The number of benzene rings is 1. The monoisotopic (exact) mass is 197 g/mol. The van der Waals surface area contributed by atoms with Crippen molar-refractivity contribution in [2.24, 2.45) is 0 Å². The molecule has 0 unspecified atom stereocenters. The van der Waals surface area contributed by atoms with Crippen molar-refractivity contribution in [3.8, 4) is 0 Å². The van der Waals surface area contributed by atoms with Crippen LogP contribution in [0.15, 0.2) is 18.2 Å². The molecule has 14 heavy (non-hydrogen) atoms. The van der Waals surface area contributed by atoms with Crippen LogP contribution < -0.4 is 5.32 Å². The minimum Gasteiger partial charge on any atom is -0.382 e. The van der Waals surface area contributed by atoms with Crippen molar-refractivity contribution in [1.82, 2.24) is 0 Å². The van der Waals surface area contributed by atoms with Gasteiger partial charge in [0.25, 0.3) is 0 Å². The molecule has 0 atom stereocenters. The van der Waals surface area contributed by atoms with Crippen molar-refractivity contribution in [2.45, 2.75) is 0 Å². The van der Waals surface area contributed by atoms with Gasteiger partial charge in [-0.2, -0.15) is 0 Å². The highest BCUT2D eigenvalue weighted by atomic mass is 16.6. The van der Waals surface area contributed by atoms with E-state index in [1.807, 2.05) is 0 Å². The average molecular weight is 197 g/mol. The molecule has 7 heteroatoms. The number of nitro benzene ring substituents is 2. The van der Waals surface area contributed by atoms with Gasteiger partial charge in [-0.05, 0) is 6.07 Å². The first-order valence-electron chi connectivity index (χ1n) is 3.67. The number of hydrogen-bond acceptors (Lipinski definition) is 5. The zero-order chi connectivity index (χ0) is 10.7. The quantitative estimate of drug-likeness (QED) is 0.585. The molecule has 0 aliphatic carbocycles. The van der Waals surface area contributed by atoms with Crippen LogP contribution >= 0.6 is 0 Å². The van der Waals surface area contributed by atoms with Crippen molar-refractivity contribution < 1.29 is 9.85 Å². The zero-order valence-electron chi connectivity index (χ0n) is 7.26. The van der Waals surface area contributed by atoms with E-state index in [1.165, 1.54) is 19.2 Å². The van der Waals surface area contributed by atoms with Gasteiger partial charge in [-0.25, -0.2) is 0 Å². The summed E-state index contributed by atoms with van der Waals surface area (Å²) in [5, 5.41) is 23.6. The summed E-state index contributed by atoms with van der Waals surface area (Å²) < 4.78 is 0. The molecule has 0 saturated heterocycles. The predicted octanol–water partition coefficient (Wildman–Crippen LogP) is 1.54. The van der Waals surface area contributed by atoms with E-state index in [1.54, 1.807) is 0 Å². The van der Waals surface area contributed by atoms with Crippen molar-refractivity contribution in [3.05, 3.63) is 38.4 Å². The minimum absolute atomic E-state index is 0.129. The molecule has 1 aromatic carbocycles. The Balaban J connectivity index is 3.43. The fourth-order valence-corrected chi connectivity index (χ4v) is 1.07. The Labute approximate surface area is 78.7 Å². The van der Waals surface area contributed by atoms with Crippen molar-refractivity contribution in [1.29, 1.82) is 0 Å². The van der Waals surface area contributed by atoms with Gasteiger partial charge >= 0.3 is 11.4 Å². The maximum atomic E-state index is 10.6. The predicted molar refractivity (Wildman–Crippen MR) is 49.3 cm³/mol. The highest BCUT2D eigenvalue weighted by Crippen LogP contribution is 2.33. The van der Waals surface area contributed by atoms with Crippen LogP contribution in [0.2, 0.25) is 0 Å². The lowest BCUT2D eigenvalue weighted by Crippen LogP contribution is -2.00. The molecule has 0 heterocycles. The standard InChI is InChI=1S/C7H7N3O4/c1-8-5-3-2-4-6(9(11)12)7(5)10(13)14/h2-4,8H,1H3. The van der Waals surface area contributed by atoms with Gasteiger partial charge in [-0.1, -0.05) is 6.07 Å². The third-order valence-electron chi connectivity index (χ3n) is 1.66. The van der Waals surface area contributed by atoms with Crippen molar-refractivity contribution >= 4 is 17.1 Å². The normalized spacial score (nSPS) is 9.50. The molecule has 1 aromatic rings. The summed E-state index contributed by atoms with van der Waals surface area (Å²) in [6.07, 6.45) is 0. The summed E-state index contributed by atoms with van der Waals surface area (Å²) in [6.45, 7) is 0. The third-order valence-corrected chi connectivity index (χ3v) is 1.66. The van der Waals surface area contributed by atoms with Gasteiger partial charge in [0.15, 0.2) is 0 Å². The summed E-state index contributed by atoms with van der Waals surface area (Å²) in [5.74, 6) is 0. The molecule has 0 bridgehead atoms. The molecule has 0 aliphatic heterocycles. The third kappa shape index (κ3) is 1.60. The molecule has 0 aromatic heterocycles. The minimum atomic E-state index is -0.779. The Morgan fingerprint density at radius 3 is 2.29 bits per heavy atom. The van der Waals surface area contributed by atoms with Crippen LogP contribution in [0, 0.1) is 20.2 Å². The van der Waals surface area contributed by atoms with Gasteiger partial charge in [0.1, 0.15) is 5.69 Å². The largest absolute Gasteiger partial charge is 0.382 e. The molecule has 7 nitrogen and oxygen atoms in total. The maximum Gasteiger partial charge on any atom is 0.368 e. The zero-order valence-corrected chi connectivity index (χ0v) is 7.26. The van der Waals surface area contributed by atoms with E-state index in [4.69, 9.17) is 0 Å². The van der Waals surface area contributed by atoms with E-state index in [9.17, 15) is 20.2 Å². The average Bonchev–Trinajstić information content (AvgIpc) is 2.16. The molecule has 0 fully saturated rings. The number of nitro groups is 2. The lowest BCUT2D eigenvalue weighted by molar-refractivity contribution is -0.421. The lowest BCUT2D eigenvalue weighted by Gasteiger charge is -2.00. The maximum absolute atomic E-state index is 10.6. The molecular weight excluding hydrogens is 190 g/mol. The molecule has 1 N–H and O–H groups in total. The van der Waals surface area contributed by atoms with Crippen LogP contribution in [-0.4, -0.2) is 16.9 Å². The summed E-state index contributed by atoms with van der Waals surface area (Å²) in [4.78, 5) is 19.5. The first-order valence-corrected chi connectivity index (χ1v) is 3.67. The second-order valence-electron chi connectivity index (χ2n) is 2.44. The Morgan fingerprint density at radius 2 is 1.86 bits per heavy atom. The van der Waals surface area contributed by atoms with E-state index in [0.717, 1.165) is 6.07 Å². The number of para-hydroxylation sites is 1. The van der Waals surface area contributed by atoms with E-state index >= 15 is 0 Å². The molecule has 74 valence electrons. The highest BCUT2D eigenvalue weighted by molar-refractivity contribution is 5.71. The van der Waals surface area contributed by atoms with Crippen molar-refractivity contribution in [3.63, 3.8) is 0 Å². The van der Waals surface area contributed by atoms with Gasteiger partial charge in [-0.3, -0.25) is 20.2 Å². The number of nitrogens with zero attached hydrogens (tertiary/aromatic N) is 2. The van der Waals surface area contributed by atoms with Gasteiger partial charge in [-0.15, -0.1) is 0 Å². The van der Waals surface area contributed by atoms with Crippen LogP contribution in [0.3, 0.4) is 0 Å². The Bertz CT molecular complexity index is 391. The first-order chi connectivity index (χ1) is 6.57. The number of hydrogen-bond donors (Lipinski definition) is 1. The highest BCUT2D eigenvalue weighted by Gasteiger charge is 2.27. The molecule has 0 aliphatic rings. The van der Waals surface area contributed by atoms with Crippen LogP contribution in [-0.2, 0) is 0 Å². The fraction of sp³-hybridized carbons (Fsp3) is 0.143. The Hall–Kier alpha value is -2.18. The second kappa shape index (κ2) is 3.69. The van der Waals surface area contributed by atoms with E-state index < -0.39 is 21.2 Å². The second-order valence-corrected chi connectivity index (χ2v) is 2.44. The molecule has 0 spiro atoms. The molecule has 0 saturated carbocycles.